The fraction of sp³-hybridized carbons (Fsp3) is 0.667. The fourth-order valence-electron chi connectivity index (χ4n) is 2.49. The van der Waals surface area contributed by atoms with Crippen molar-refractivity contribution in [1.29, 1.82) is 0 Å². The zero-order chi connectivity index (χ0) is 19.2. The third-order valence-electron chi connectivity index (χ3n) is 4.38. The number of hydrogen-bond donors (Lipinski definition) is 1. The van der Waals surface area contributed by atoms with Crippen LogP contribution in [0.25, 0.3) is 0 Å². The fourth-order valence-corrected chi connectivity index (χ4v) is 2.49. The van der Waals surface area contributed by atoms with Crippen LogP contribution < -0.4 is 14.4 Å². The molecule has 0 aliphatic carbocycles. The molecule has 0 spiro atoms. The van der Waals surface area contributed by atoms with Crippen molar-refractivity contribution in [2.75, 3.05) is 39.5 Å². The van der Waals surface area contributed by atoms with Crippen molar-refractivity contribution < 1.29 is 23.9 Å². The number of likely N-dealkylation sites (N-methyl/N-ethyl adjacent to an activating group) is 1. The van der Waals surface area contributed by atoms with E-state index in [1.165, 1.54) is 4.90 Å². The Hall–Kier alpha value is -1.75. The Morgan fingerprint density at radius 1 is 0.885 bits per heavy atom. The molecular weight excluding hydrogens is 330 g/mol. The highest BCUT2D eigenvalue weighted by atomic mass is 16.5. The summed E-state index contributed by atoms with van der Waals surface area (Å²) in [6.07, 6.45) is 4.09. The average Bonchev–Trinajstić information content (AvgIpc) is 2.66. The van der Waals surface area contributed by atoms with Crippen LogP contribution in [0.2, 0.25) is 0 Å². The third kappa shape index (κ3) is 8.09. The maximum Gasteiger partial charge on any atom is 0.338 e. The number of nitrogens with one attached hydrogen (secondary N) is 1. The molecule has 0 radical (unpaired) electrons. The van der Waals surface area contributed by atoms with Crippen molar-refractivity contribution >= 4 is 5.97 Å². The summed E-state index contributed by atoms with van der Waals surface area (Å²) in [4.78, 5) is 13.7. The summed E-state index contributed by atoms with van der Waals surface area (Å²) in [5.74, 6) is 1.01. The molecule has 1 N–H and O–H groups in total. The van der Waals surface area contributed by atoms with Crippen LogP contribution in [0.1, 0.15) is 63.7 Å². The molecule has 5 heteroatoms. The molecule has 0 heterocycles. The molecule has 5 nitrogen and oxygen atoms in total. The van der Waals surface area contributed by atoms with Crippen molar-refractivity contribution in [2.24, 2.45) is 0 Å². The minimum absolute atomic E-state index is 0.308. The van der Waals surface area contributed by atoms with Gasteiger partial charge in [-0.25, -0.2) is 4.79 Å². The summed E-state index contributed by atoms with van der Waals surface area (Å²) >= 11 is 0. The van der Waals surface area contributed by atoms with E-state index < -0.39 is 0 Å². The molecule has 0 amide bonds. The lowest BCUT2D eigenvalue weighted by Gasteiger charge is -2.16. The molecule has 0 aliphatic rings. The van der Waals surface area contributed by atoms with Gasteiger partial charge in [-0.2, -0.15) is 0 Å². The first-order valence-electron chi connectivity index (χ1n) is 10.1. The summed E-state index contributed by atoms with van der Waals surface area (Å²) in [6.45, 7) is 13.1. The molecule has 0 fully saturated rings. The first-order valence-corrected chi connectivity index (χ1v) is 10.1. The van der Waals surface area contributed by atoms with Gasteiger partial charge in [0.2, 0.25) is 0 Å². The van der Waals surface area contributed by atoms with E-state index in [4.69, 9.17) is 14.2 Å². The zero-order valence-electron chi connectivity index (χ0n) is 16.9. The number of carbonyl (C=O) groups is 1. The van der Waals surface area contributed by atoms with E-state index in [0.717, 1.165) is 45.3 Å². The summed E-state index contributed by atoms with van der Waals surface area (Å²) in [6, 6.07) is 5.30. The molecule has 0 saturated heterocycles. The third-order valence-corrected chi connectivity index (χ3v) is 4.38. The first kappa shape index (κ1) is 22.3. The van der Waals surface area contributed by atoms with Crippen molar-refractivity contribution in [1.82, 2.24) is 0 Å². The molecule has 0 unspecified atom stereocenters. The van der Waals surface area contributed by atoms with Gasteiger partial charge in [0.1, 0.15) is 13.2 Å². The topological polar surface area (TPSA) is 49.2 Å². The lowest BCUT2D eigenvalue weighted by molar-refractivity contribution is -0.896. The van der Waals surface area contributed by atoms with Gasteiger partial charge in [0, 0.05) is 0 Å². The minimum atomic E-state index is -0.308. The number of benzene rings is 1. The van der Waals surface area contributed by atoms with Crippen LogP contribution in [0, 0.1) is 0 Å². The second kappa shape index (κ2) is 13.5. The van der Waals surface area contributed by atoms with Gasteiger partial charge in [0.15, 0.2) is 11.5 Å². The molecule has 148 valence electrons. The highest BCUT2D eigenvalue weighted by Crippen LogP contribution is 2.29. The van der Waals surface area contributed by atoms with Crippen LogP contribution in [0.15, 0.2) is 18.2 Å². The Bertz CT molecular complexity index is 515. The summed E-state index contributed by atoms with van der Waals surface area (Å²) in [5.41, 5.74) is 0.508. The Morgan fingerprint density at radius 2 is 1.50 bits per heavy atom. The maximum atomic E-state index is 12.3. The molecule has 0 aromatic heterocycles. The van der Waals surface area contributed by atoms with Crippen LogP contribution >= 0.6 is 0 Å². The van der Waals surface area contributed by atoms with Crippen LogP contribution in [-0.2, 0) is 4.74 Å². The van der Waals surface area contributed by atoms with E-state index in [1.807, 2.05) is 6.07 Å². The number of esters is 1. The van der Waals surface area contributed by atoms with Crippen molar-refractivity contribution in [3.8, 4) is 11.5 Å². The smallest absolute Gasteiger partial charge is 0.338 e. The van der Waals surface area contributed by atoms with Crippen LogP contribution in [0.5, 0.6) is 11.5 Å². The molecule has 1 aromatic carbocycles. The lowest BCUT2D eigenvalue weighted by Crippen LogP contribution is -3.11. The summed E-state index contributed by atoms with van der Waals surface area (Å²) in [7, 11) is 0. The molecule has 1 rings (SSSR count). The Balaban J connectivity index is 2.71. The van der Waals surface area contributed by atoms with Crippen LogP contribution in [0.4, 0.5) is 0 Å². The maximum absolute atomic E-state index is 12.3. The molecule has 0 bridgehead atoms. The van der Waals surface area contributed by atoms with Gasteiger partial charge in [0.05, 0.1) is 31.9 Å². The number of carbonyl (C=O) groups excluding carboxylic acids is 1. The molecule has 1 aromatic rings. The first-order chi connectivity index (χ1) is 12.7. The minimum Gasteiger partial charge on any atom is -0.490 e. The zero-order valence-corrected chi connectivity index (χ0v) is 16.9. The van der Waals surface area contributed by atoms with Gasteiger partial charge in [0.25, 0.3) is 0 Å². The largest absolute Gasteiger partial charge is 0.490 e. The predicted octanol–water partition coefficient (Wildman–Crippen LogP) is 3.13. The van der Waals surface area contributed by atoms with E-state index in [9.17, 15) is 4.79 Å². The van der Waals surface area contributed by atoms with Crippen LogP contribution in [-0.4, -0.2) is 45.4 Å². The summed E-state index contributed by atoms with van der Waals surface area (Å²) < 4.78 is 17.1. The number of rotatable bonds is 14. The summed E-state index contributed by atoms with van der Waals surface area (Å²) in [5, 5.41) is 0. The van der Waals surface area contributed by atoms with E-state index in [2.05, 4.69) is 27.7 Å². The van der Waals surface area contributed by atoms with E-state index in [0.29, 0.717) is 36.9 Å². The number of ether oxygens (including phenoxy) is 3. The normalized spacial score (nSPS) is 10.8. The van der Waals surface area contributed by atoms with Crippen LogP contribution in [0.3, 0.4) is 0 Å². The molecular formula is C21H36NO4+. The molecule has 0 aliphatic heterocycles. The van der Waals surface area contributed by atoms with Crippen molar-refractivity contribution in [2.45, 2.75) is 53.4 Å². The number of unbranched alkanes of at least 4 members (excludes halogenated alkanes) is 2. The van der Waals surface area contributed by atoms with Gasteiger partial charge in [-0.15, -0.1) is 0 Å². The van der Waals surface area contributed by atoms with Crippen molar-refractivity contribution in [3.05, 3.63) is 23.8 Å². The highest BCUT2D eigenvalue weighted by molar-refractivity contribution is 5.90. The van der Waals surface area contributed by atoms with E-state index in [1.54, 1.807) is 12.1 Å². The average molecular weight is 367 g/mol. The quantitative estimate of drug-likeness (QED) is 0.406. The van der Waals surface area contributed by atoms with Gasteiger partial charge < -0.3 is 19.1 Å². The Kier molecular flexibility index (Phi) is 11.5. The number of quaternary nitrogens is 1. The second-order valence-corrected chi connectivity index (χ2v) is 6.41. The molecule has 0 atom stereocenters. The standard InChI is InChI=1S/C21H35NO4/c1-5-9-14-24-19-12-11-18(17-20(19)25-15-10-6-2)21(23)26-16-13-22(7-3)8-4/h11-12,17H,5-10,13-16H2,1-4H3/p+1. The van der Waals surface area contributed by atoms with Gasteiger partial charge in [-0.05, 0) is 44.9 Å². The van der Waals surface area contributed by atoms with Gasteiger partial charge in [-0.1, -0.05) is 26.7 Å². The molecule has 0 saturated carbocycles. The van der Waals surface area contributed by atoms with E-state index in [-0.39, 0.29) is 5.97 Å². The van der Waals surface area contributed by atoms with Gasteiger partial charge in [-0.3, -0.25) is 0 Å². The predicted molar refractivity (Wildman–Crippen MR) is 104 cm³/mol. The Morgan fingerprint density at radius 3 is 2.08 bits per heavy atom. The Labute approximate surface area is 158 Å². The van der Waals surface area contributed by atoms with E-state index >= 15 is 0 Å². The molecule has 26 heavy (non-hydrogen) atoms. The van der Waals surface area contributed by atoms with Gasteiger partial charge >= 0.3 is 5.97 Å². The monoisotopic (exact) mass is 366 g/mol. The number of hydrogen-bond acceptors (Lipinski definition) is 4. The lowest BCUT2D eigenvalue weighted by atomic mass is 10.2. The highest BCUT2D eigenvalue weighted by Gasteiger charge is 2.14. The van der Waals surface area contributed by atoms with Crippen molar-refractivity contribution in [3.63, 3.8) is 0 Å². The second-order valence-electron chi connectivity index (χ2n) is 6.41. The SMILES string of the molecule is CCCCOc1ccc(C(=O)OCC[NH+](CC)CC)cc1OCCCC.